The maximum absolute atomic E-state index is 6.64. The van der Waals surface area contributed by atoms with Gasteiger partial charge in [-0.1, -0.05) is 19.1 Å². The Balaban J connectivity index is 1.72. The highest BCUT2D eigenvalue weighted by Crippen LogP contribution is 2.64. The van der Waals surface area contributed by atoms with Gasteiger partial charge in [-0.3, -0.25) is 4.90 Å². The molecular weight excluding hydrogens is 298 g/mol. The molecule has 5 rings (SSSR count). The third-order valence-electron chi connectivity index (χ3n) is 7.30. The van der Waals surface area contributed by atoms with Crippen LogP contribution in [0.1, 0.15) is 37.3 Å². The standard InChI is InChI=1S/C21H27NO2/c1-4-10-22-11-9-21-15-7-5-13(2)20(21)24-19-17(23-3)8-6-14(18(19)21)12-16(15)22/h4,6,8,13,15-16,20H,1,5,7,9-12H2,2-3H3/t13?,15-,16+,20-,21-/m0/s1. The molecule has 24 heavy (non-hydrogen) atoms. The van der Waals surface area contributed by atoms with Crippen molar-refractivity contribution in [3.8, 4) is 11.5 Å². The minimum Gasteiger partial charge on any atom is -0.493 e. The van der Waals surface area contributed by atoms with Crippen molar-refractivity contribution in [2.45, 2.75) is 50.2 Å². The van der Waals surface area contributed by atoms with Crippen LogP contribution in [0.5, 0.6) is 11.5 Å². The van der Waals surface area contributed by atoms with Crippen LogP contribution in [0.3, 0.4) is 0 Å². The zero-order chi connectivity index (χ0) is 16.5. The first kappa shape index (κ1) is 14.8. The van der Waals surface area contributed by atoms with E-state index < -0.39 is 0 Å². The second kappa shape index (κ2) is 5.01. The predicted molar refractivity (Wildman–Crippen MR) is 94.9 cm³/mol. The Kier molecular flexibility index (Phi) is 3.10. The molecule has 3 nitrogen and oxygen atoms in total. The number of rotatable bonds is 3. The first-order chi connectivity index (χ1) is 11.7. The zero-order valence-electron chi connectivity index (χ0n) is 14.8. The number of hydrogen-bond acceptors (Lipinski definition) is 3. The molecule has 2 bridgehead atoms. The van der Waals surface area contributed by atoms with Crippen LogP contribution < -0.4 is 9.47 Å². The lowest BCUT2D eigenvalue weighted by atomic mass is 9.50. The Morgan fingerprint density at radius 3 is 3.08 bits per heavy atom. The Labute approximate surface area is 144 Å². The smallest absolute Gasteiger partial charge is 0.165 e. The second-order valence-electron chi connectivity index (χ2n) is 8.18. The van der Waals surface area contributed by atoms with Gasteiger partial charge in [0.1, 0.15) is 6.10 Å². The molecule has 1 spiro atoms. The summed E-state index contributed by atoms with van der Waals surface area (Å²) in [5.41, 5.74) is 3.23. The van der Waals surface area contributed by atoms with Gasteiger partial charge in [-0.25, -0.2) is 0 Å². The van der Waals surface area contributed by atoms with Crippen molar-refractivity contribution in [1.29, 1.82) is 0 Å². The number of likely N-dealkylation sites (tertiary alicyclic amines) is 1. The molecule has 2 fully saturated rings. The van der Waals surface area contributed by atoms with Crippen LogP contribution in [-0.4, -0.2) is 37.2 Å². The van der Waals surface area contributed by atoms with Crippen molar-refractivity contribution in [2.75, 3.05) is 20.2 Å². The molecule has 1 saturated carbocycles. The molecule has 0 radical (unpaired) electrons. The van der Waals surface area contributed by atoms with Crippen LogP contribution in [0.2, 0.25) is 0 Å². The van der Waals surface area contributed by atoms with Gasteiger partial charge in [0, 0.05) is 23.6 Å². The minimum atomic E-state index is 0.220. The predicted octanol–water partition coefficient (Wildman–Crippen LogP) is 3.56. The molecule has 1 aromatic carbocycles. The molecule has 1 aromatic rings. The number of methoxy groups -OCH3 is 1. The molecule has 4 aliphatic rings. The van der Waals surface area contributed by atoms with E-state index in [4.69, 9.17) is 9.47 Å². The summed E-state index contributed by atoms with van der Waals surface area (Å²) in [4.78, 5) is 2.67. The van der Waals surface area contributed by atoms with Crippen LogP contribution >= 0.6 is 0 Å². The van der Waals surface area contributed by atoms with Gasteiger partial charge < -0.3 is 9.47 Å². The molecule has 0 N–H and O–H groups in total. The first-order valence-corrected chi connectivity index (χ1v) is 9.42. The molecule has 2 aliphatic carbocycles. The van der Waals surface area contributed by atoms with E-state index >= 15 is 0 Å². The van der Waals surface area contributed by atoms with Crippen LogP contribution in [0.25, 0.3) is 0 Å². The molecule has 0 aromatic heterocycles. The number of hydrogen-bond donors (Lipinski definition) is 0. The molecule has 2 aliphatic heterocycles. The Morgan fingerprint density at radius 2 is 2.29 bits per heavy atom. The Hall–Kier alpha value is -1.48. The molecule has 2 heterocycles. The quantitative estimate of drug-likeness (QED) is 0.793. The summed E-state index contributed by atoms with van der Waals surface area (Å²) < 4.78 is 12.3. The minimum absolute atomic E-state index is 0.220. The van der Waals surface area contributed by atoms with E-state index in [0.29, 0.717) is 24.0 Å². The van der Waals surface area contributed by atoms with Gasteiger partial charge in [-0.05, 0) is 55.7 Å². The monoisotopic (exact) mass is 325 g/mol. The molecule has 1 saturated heterocycles. The van der Waals surface area contributed by atoms with Crippen LogP contribution in [0, 0.1) is 11.8 Å². The van der Waals surface area contributed by atoms with Crippen molar-refractivity contribution in [1.82, 2.24) is 4.90 Å². The third-order valence-corrected chi connectivity index (χ3v) is 7.30. The highest BCUT2D eigenvalue weighted by atomic mass is 16.5. The van der Waals surface area contributed by atoms with E-state index in [1.165, 1.54) is 30.4 Å². The summed E-state index contributed by atoms with van der Waals surface area (Å²) >= 11 is 0. The van der Waals surface area contributed by atoms with Gasteiger partial charge in [0.05, 0.1) is 7.11 Å². The van der Waals surface area contributed by atoms with Gasteiger partial charge in [0.2, 0.25) is 0 Å². The molecule has 1 unspecified atom stereocenters. The number of nitrogens with zero attached hydrogens (tertiary/aromatic N) is 1. The van der Waals surface area contributed by atoms with E-state index in [0.717, 1.165) is 31.0 Å². The first-order valence-electron chi connectivity index (χ1n) is 9.42. The van der Waals surface area contributed by atoms with Gasteiger partial charge >= 0.3 is 0 Å². The van der Waals surface area contributed by atoms with Crippen LogP contribution in [0.15, 0.2) is 24.8 Å². The summed E-state index contributed by atoms with van der Waals surface area (Å²) in [6, 6.07) is 5.05. The number of piperidine rings is 1. The van der Waals surface area contributed by atoms with Crippen molar-refractivity contribution in [3.05, 3.63) is 35.9 Å². The molecular formula is C21H27NO2. The molecule has 128 valence electrons. The summed E-state index contributed by atoms with van der Waals surface area (Å²) in [7, 11) is 1.76. The normalized spacial score (nSPS) is 39.1. The van der Waals surface area contributed by atoms with Gasteiger partial charge in [0.25, 0.3) is 0 Å². The number of ether oxygens (including phenoxy) is 2. The fourth-order valence-corrected chi connectivity index (χ4v) is 6.43. The molecule has 0 amide bonds. The maximum Gasteiger partial charge on any atom is 0.165 e. The third kappa shape index (κ3) is 1.62. The van der Waals surface area contributed by atoms with Gasteiger partial charge in [-0.15, -0.1) is 6.58 Å². The Bertz CT molecular complexity index is 699. The van der Waals surface area contributed by atoms with Crippen molar-refractivity contribution in [3.63, 3.8) is 0 Å². The highest BCUT2D eigenvalue weighted by Gasteiger charge is 2.64. The van der Waals surface area contributed by atoms with Crippen molar-refractivity contribution >= 4 is 0 Å². The molecule has 5 atom stereocenters. The van der Waals surface area contributed by atoms with Crippen LogP contribution in [0.4, 0.5) is 0 Å². The average molecular weight is 325 g/mol. The Morgan fingerprint density at radius 1 is 1.42 bits per heavy atom. The van der Waals surface area contributed by atoms with Crippen molar-refractivity contribution in [2.24, 2.45) is 11.8 Å². The summed E-state index contributed by atoms with van der Waals surface area (Å²) in [5.74, 6) is 3.33. The zero-order valence-corrected chi connectivity index (χ0v) is 14.8. The van der Waals surface area contributed by atoms with E-state index in [1.807, 2.05) is 0 Å². The van der Waals surface area contributed by atoms with Gasteiger partial charge in [0.15, 0.2) is 11.5 Å². The van der Waals surface area contributed by atoms with Crippen molar-refractivity contribution < 1.29 is 9.47 Å². The van der Waals surface area contributed by atoms with E-state index in [9.17, 15) is 0 Å². The highest BCUT2D eigenvalue weighted by molar-refractivity contribution is 5.61. The fourth-order valence-electron chi connectivity index (χ4n) is 6.43. The van der Waals surface area contributed by atoms with Crippen LogP contribution in [-0.2, 0) is 11.8 Å². The maximum atomic E-state index is 6.64. The van der Waals surface area contributed by atoms with E-state index in [1.54, 1.807) is 7.11 Å². The lowest BCUT2D eigenvalue weighted by Crippen LogP contribution is -2.65. The summed E-state index contributed by atoms with van der Waals surface area (Å²) in [6.45, 7) is 8.54. The number of benzene rings is 1. The summed E-state index contributed by atoms with van der Waals surface area (Å²) in [6.07, 6.45) is 7.37. The average Bonchev–Trinajstić information content (AvgIpc) is 2.94. The summed E-state index contributed by atoms with van der Waals surface area (Å²) in [5, 5.41) is 0. The molecule has 3 heteroatoms. The second-order valence-corrected chi connectivity index (χ2v) is 8.18. The fraction of sp³-hybridized carbons (Fsp3) is 0.619. The lowest BCUT2D eigenvalue weighted by molar-refractivity contribution is -0.0691. The van der Waals surface area contributed by atoms with E-state index in [2.05, 4.69) is 36.6 Å². The topological polar surface area (TPSA) is 21.7 Å². The van der Waals surface area contributed by atoms with E-state index in [-0.39, 0.29) is 5.41 Å². The largest absolute Gasteiger partial charge is 0.493 e. The lowest BCUT2D eigenvalue weighted by Gasteiger charge is -2.59. The van der Waals surface area contributed by atoms with Gasteiger partial charge in [-0.2, -0.15) is 0 Å². The SMILES string of the molecule is C=CCN1CC[C@]23c4c5ccc(OC)c4O[C@H]2C(C)CC[C@H]3[C@H]1C5.